The molecular weight excluding hydrogens is 769 g/mol. The Labute approximate surface area is 378 Å². The molecule has 0 heterocycles. The minimum atomic E-state index is -0.828. The van der Waals surface area contributed by atoms with E-state index in [0.29, 0.717) is 19.3 Å². The molecule has 0 saturated heterocycles. The van der Waals surface area contributed by atoms with E-state index in [1.54, 1.807) is 0 Å². The van der Waals surface area contributed by atoms with Crippen LogP contribution in [0, 0.1) is 0 Å². The molecule has 0 aromatic heterocycles. The maximum Gasteiger partial charge on any atom is 0.306 e. The van der Waals surface area contributed by atoms with Crippen LogP contribution in [-0.2, 0) is 28.6 Å². The van der Waals surface area contributed by atoms with Crippen LogP contribution in [0.1, 0.15) is 168 Å². The summed E-state index contributed by atoms with van der Waals surface area (Å²) < 4.78 is 16.7. The SMILES string of the molecule is CC/C=C/C=C/C=C/C=C/C=C/CCCCCC(=O)OC(COC(=O)CCCCC/C=C/C/C=C/C/C=C/C/C=C/CC)COC(=O)CCCCCCC/C=C/C=C/C=C/CC. The highest BCUT2D eigenvalue weighted by Crippen LogP contribution is 2.11. The number of ether oxygens (including phenoxy) is 3. The summed E-state index contributed by atoms with van der Waals surface area (Å²) in [6.45, 7) is 6.13. The topological polar surface area (TPSA) is 78.9 Å². The van der Waals surface area contributed by atoms with Crippen LogP contribution in [0.4, 0.5) is 0 Å². The van der Waals surface area contributed by atoms with Crippen molar-refractivity contribution in [3.8, 4) is 0 Å². The van der Waals surface area contributed by atoms with E-state index in [2.05, 4.69) is 112 Å². The van der Waals surface area contributed by atoms with E-state index in [-0.39, 0.29) is 37.5 Å². The third-order valence-electron chi connectivity index (χ3n) is 9.26. The number of hydrogen-bond acceptors (Lipinski definition) is 6. The van der Waals surface area contributed by atoms with Crippen LogP contribution in [0.2, 0.25) is 0 Å². The first-order valence-electron chi connectivity index (χ1n) is 23.9. The van der Waals surface area contributed by atoms with Crippen molar-refractivity contribution in [3.05, 3.63) is 146 Å². The van der Waals surface area contributed by atoms with Crippen molar-refractivity contribution >= 4 is 17.9 Å². The number of carbonyl (C=O) groups excluding carboxylic acids is 3. The smallest absolute Gasteiger partial charge is 0.306 e. The zero-order valence-corrected chi connectivity index (χ0v) is 39.1. The van der Waals surface area contributed by atoms with E-state index in [9.17, 15) is 14.4 Å². The third-order valence-corrected chi connectivity index (χ3v) is 9.26. The van der Waals surface area contributed by atoms with Gasteiger partial charge in [-0.05, 0) is 96.3 Å². The average Bonchev–Trinajstić information content (AvgIpc) is 3.27. The predicted octanol–water partition coefficient (Wildman–Crippen LogP) is 15.7. The van der Waals surface area contributed by atoms with E-state index in [0.717, 1.165) is 122 Å². The zero-order chi connectivity index (χ0) is 45.1. The van der Waals surface area contributed by atoms with E-state index < -0.39 is 6.10 Å². The molecule has 0 N–H and O–H groups in total. The summed E-state index contributed by atoms with van der Waals surface area (Å²) in [6.07, 6.45) is 69.7. The van der Waals surface area contributed by atoms with Gasteiger partial charge in [0, 0.05) is 19.3 Å². The second-order valence-electron chi connectivity index (χ2n) is 15.1. The first-order valence-corrected chi connectivity index (χ1v) is 23.9. The Morgan fingerprint density at radius 1 is 0.339 bits per heavy atom. The number of carbonyl (C=O) groups is 3. The molecule has 0 bridgehead atoms. The van der Waals surface area contributed by atoms with Gasteiger partial charge in [0.15, 0.2) is 6.10 Å². The summed E-state index contributed by atoms with van der Waals surface area (Å²) in [4.78, 5) is 37.9. The first-order chi connectivity index (χ1) is 30.5. The molecule has 344 valence electrons. The second-order valence-corrected chi connectivity index (χ2v) is 15.1. The molecule has 1 unspecified atom stereocenters. The summed E-state index contributed by atoms with van der Waals surface area (Å²) in [5.74, 6) is -1.03. The van der Waals surface area contributed by atoms with Crippen LogP contribution in [0.15, 0.2) is 146 Å². The molecule has 0 aliphatic heterocycles. The number of allylic oxidation sites excluding steroid dienone is 24. The van der Waals surface area contributed by atoms with Crippen molar-refractivity contribution in [2.45, 2.75) is 175 Å². The van der Waals surface area contributed by atoms with Gasteiger partial charge < -0.3 is 14.2 Å². The molecule has 0 amide bonds. The van der Waals surface area contributed by atoms with Crippen molar-refractivity contribution in [2.75, 3.05) is 13.2 Å². The monoisotopic (exact) mass is 853 g/mol. The molecule has 1 atom stereocenters. The Morgan fingerprint density at radius 2 is 0.661 bits per heavy atom. The molecule has 0 saturated carbocycles. The van der Waals surface area contributed by atoms with Gasteiger partial charge in [-0.2, -0.15) is 0 Å². The molecule has 0 fully saturated rings. The fourth-order valence-electron chi connectivity index (χ4n) is 5.75. The van der Waals surface area contributed by atoms with E-state index in [1.165, 1.54) is 0 Å². The quantitative estimate of drug-likeness (QED) is 0.0201. The van der Waals surface area contributed by atoms with Gasteiger partial charge in [0.2, 0.25) is 0 Å². The van der Waals surface area contributed by atoms with Crippen molar-refractivity contribution in [1.82, 2.24) is 0 Å². The van der Waals surface area contributed by atoms with Crippen LogP contribution in [0.5, 0.6) is 0 Å². The Kier molecular flexibility index (Phi) is 45.2. The minimum Gasteiger partial charge on any atom is -0.462 e. The van der Waals surface area contributed by atoms with Gasteiger partial charge >= 0.3 is 17.9 Å². The Hall–Kier alpha value is -4.71. The number of hydrogen-bond donors (Lipinski definition) is 0. The zero-order valence-electron chi connectivity index (χ0n) is 39.1. The van der Waals surface area contributed by atoms with Gasteiger partial charge in [-0.3, -0.25) is 14.4 Å². The summed E-state index contributed by atoms with van der Waals surface area (Å²) in [6, 6.07) is 0. The molecule has 0 radical (unpaired) electrons. The van der Waals surface area contributed by atoms with Gasteiger partial charge in [0.25, 0.3) is 0 Å². The second kappa shape index (κ2) is 49.0. The van der Waals surface area contributed by atoms with Crippen molar-refractivity contribution in [3.63, 3.8) is 0 Å². The predicted molar refractivity (Wildman–Crippen MR) is 265 cm³/mol. The molecular formula is C56H84O6. The summed E-state index contributed by atoms with van der Waals surface area (Å²) in [7, 11) is 0. The largest absolute Gasteiger partial charge is 0.462 e. The summed E-state index contributed by atoms with van der Waals surface area (Å²) >= 11 is 0. The number of rotatable bonds is 40. The van der Waals surface area contributed by atoms with Gasteiger partial charge in [-0.25, -0.2) is 0 Å². The molecule has 6 heteroatoms. The van der Waals surface area contributed by atoms with E-state index >= 15 is 0 Å². The standard InChI is InChI=1S/C56H84O6/c1-4-7-10-13-16-19-22-25-27-29-31-34-37-40-43-46-49-55(58)61-52-53(51-60-54(57)48-45-42-39-36-33-30-24-21-18-15-12-9-6-3)62-56(59)50-47-44-41-38-35-32-28-26-23-20-17-14-11-8-5-2/h7-12,14-21,23-28,31-32,34-35,53H,4-6,13,22,29-30,33,36-52H2,1-3H3/b10-7+,11-8+,12-9+,17-14+,18-15+,19-16+,23-20+,24-21+,27-25+,28-26+,34-31+,35-32+. The maximum absolute atomic E-state index is 12.8. The Balaban J connectivity index is 4.60. The lowest BCUT2D eigenvalue weighted by molar-refractivity contribution is -0.167. The van der Waals surface area contributed by atoms with Crippen LogP contribution < -0.4 is 0 Å². The fourth-order valence-corrected chi connectivity index (χ4v) is 5.75. The lowest BCUT2D eigenvalue weighted by Crippen LogP contribution is -2.30. The van der Waals surface area contributed by atoms with Gasteiger partial charge in [-0.1, -0.05) is 199 Å². The van der Waals surface area contributed by atoms with Crippen LogP contribution in [0.3, 0.4) is 0 Å². The van der Waals surface area contributed by atoms with Gasteiger partial charge in [0.05, 0.1) is 0 Å². The average molecular weight is 853 g/mol. The highest BCUT2D eigenvalue weighted by Gasteiger charge is 2.19. The van der Waals surface area contributed by atoms with Crippen LogP contribution in [0.25, 0.3) is 0 Å². The lowest BCUT2D eigenvalue weighted by Gasteiger charge is -2.18. The first kappa shape index (κ1) is 57.3. The molecule has 0 spiro atoms. The molecule has 6 nitrogen and oxygen atoms in total. The maximum atomic E-state index is 12.8. The van der Waals surface area contributed by atoms with Gasteiger partial charge in [-0.15, -0.1) is 0 Å². The van der Waals surface area contributed by atoms with Crippen molar-refractivity contribution < 1.29 is 28.6 Å². The van der Waals surface area contributed by atoms with Gasteiger partial charge in [0.1, 0.15) is 13.2 Å². The van der Waals surface area contributed by atoms with E-state index in [4.69, 9.17) is 14.2 Å². The molecule has 0 aromatic rings. The Bertz CT molecular complexity index is 1440. The van der Waals surface area contributed by atoms with Crippen molar-refractivity contribution in [1.29, 1.82) is 0 Å². The molecule has 62 heavy (non-hydrogen) atoms. The molecule has 0 rings (SSSR count). The van der Waals surface area contributed by atoms with E-state index in [1.807, 2.05) is 54.7 Å². The van der Waals surface area contributed by atoms with Crippen molar-refractivity contribution in [2.24, 2.45) is 0 Å². The normalized spacial score (nSPS) is 13.4. The summed E-state index contributed by atoms with van der Waals surface area (Å²) in [5.41, 5.74) is 0. The third kappa shape index (κ3) is 46.4. The lowest BCUT2D eigenvalue weighted by atomic mass is 10.1. The Morgan fingerprint density at radius 3 is 1.11 bits per heavy atom. The highest BCUT2D eigenvalue weighted by atomic mass is 16.6. The molecule has 0 aromatic carbocycles. The minimum absolute atomic E-state index is 0.124. The number of esters is 3. The highest BCUT2D eigenvalue weighted by molar-refractivity contribution is 5.71. The molecule has 0 aliphatic carbocycles. The fraction of sp³-hybridized carbons (Fsp3) is 0.518. The van der Waals surface area contributed by atoms with Crippen LogP contribution >= 0.6 is 0 Å². The van der Waals surface area contributed by atoms with Crippen LogP contribution in [-0.4, -0.2) is 37.2 Å². The summed E-state index contributed by atoms with van der Waals surface area (Å²) in [5, 5.41) is 0. The number of unbranched alkanes of at least 4 members (excludes halogenated alkanes) is 11. The molecule has 0 aliphatic rings.